The van der Waals surface area contributed by atoms with Crippen LogP contribution in [-0.2, 0) is 30.2 Å². The van der Waals surface area contributed by atoms with E-state index in [1.807, 2.05) is 33.8 Å². The Morgan fingerprint density at radius 1 is 0.893 bits per heavy atom. The monoisotopic (exact) mass is 390 g/mol. The van der Waals surface area contributed by atoms with Gasteiger partial charge in [-0.05, 0) is 52.5 Å². The second-order valence-electron chi connectivity index (χ2n) is 8.90. The molecule has 3 rings (SSSR count). The van der Waals surface area contributed by atoms with Crippen LogP contribution in [0, 0.1) is 0 Å². The SMILES string of the molecule is CC1(C)O[C@@H](C[C@H]2C[C@H](C=O)OC(C)(C)O2)C[C@H](CCCc2ccccc2)O1. The molecule has 0 unspecified atom stereocenters. The summed E-state index contributed by atoms with van der Waals surface area (Å²) in [6.07, 6.45) is 5.97. The van der Waals surface area contributed by atoms with Gasteiger partial charge in [-0.3, -0.25) is 0 Å². The maximum atomic E-state index is 11.2. The van der Waals surface area contributed by atoms with Gasteiger partial charge < -0.3 is 23.7 Å². The van der Waals surface area contributed by atoms with Crippen LogP contribution in [0.1, 0.15) is 65.4 Å². The Morgan fingerprint density at radius 3 is 2.18 bits per heavy atom. The van der Waals surface area contributed by atoms with Crippen LogP contribution in [0.25, 0.3) is 0 Å². The second-order valence-corrected chi connectivity index (χ2v) is 8.90. The molecule has 2 aliphatic heterocycles. The van der Waals surface area contributed by atoms with Crippen LogP contribution in [0.4, 0.5) is 0 Å². The van der Waals surface area contributed by atoms with Crippen LogP contribution >= 0.6 is 0 Å². The van der Waals surface area contributed by atoms with Crippen molar-refractivity contribution < 1.29 is 23.7 Å². The zero-order valence-electron chi connectivity index (χ0n) is 17.6. The molecule has 4 atom stereocenters. The van der Waals surface area contributed by atoms with E-state index < -0.39 is 17.7 Å². The number of hydrogen-bond donors (Lipinski definition) is 0. The molecule has 156 valence electrons. The third-order valence-electron chi connectivity index (χ3n) is 5.32. The van der Waals surface area contributed by atoms with E-state index in [-0.39, 0.29) is 18.3 Å². The molecule has 2 aliphatic rings. The molecule has 1 aromatic carbocycles. The first kappa shape index (κ1) is 21.4. The zero-order valence-corrected chi connectivity index (χ0v) is 17.6. The molecule has 0 saturated carbocycles. The summed E-state index contributed by atoms with van der Waals surface area (Å²) in [6, 6.07) is 10.6. The van der Waals surface area contributed by atoms with Crippen molar-refractivity contribution in [1.82, 2.24) is 0 Å². The summed E-state index contributed by atoms with van der Waals surface area (Å²) in [5.74, 6) is -1.35. The number of aryl methyl sites for hydroxylation is 1. The largest absolute Gasteiger partial charge is 0.347 e. The lowest BCUT2D eigenvalue weighted by Crippen LogP contribution is -2.49. The molecule has 1 aromatic rings. The maximum absolute atomic E-state index is 11.2. The van der Waals surface area contributed by atoms with Crippen LogP contribution < -0.4 is 0 Å². The molecule has 0 amide bonds. The number of aldehydes is 1. The molecule has 0 bridgehead atoms. The Bertz CT molecular complexity index is 627. The van der Waals surface area contributed by atoms with Crippen LogP contribution in [0.15, 0.2) is 30.3 Å². The van der Waals surface area contributed by atoms with Gasteiger partial charge in [0.05, 0.1) is 18.3 Å². The summed E-state index contributed by atoms with van der Waals surface area (Å²) in [4.78, 5) is 11.2. The van der Waals surface area contributed by atoms with Crippen LogP contribution in [0.5, 0.6) is 0 Å². The molecule has 5 heteroatoms. The van der Waals surface area contributed by atoms with E-state index in [0.29, 0.717) is 6.42 Å². The minimum atomic E-state index is -0.746. The van der Waals surface area contributed by atoms with Gasteiger partial charge >= 0.3 is 0 Å². The minimum Gasteiger partial charge on any atom is -0.347 e. The lowest BCUT2D eigenvalue weighted by molar-refractivity contribution is -0.321. The summed E-state index contributed by atoms with van der Waals surface area (Å²) < 4.78 is 24.0. The number of rotatable bonds is 7. The van der Waals surface area contributed by atoms with Crippen molar-refractivity contribution in [2.45, 2.75) is 102 Å². The Morgan fingerprint density at radius 2 is 1.50 bits per heavy atom. The zero-order chi connectivity index (χ0) is 20.2. The molecule has 0 spiro atoms. The minimum absolute atomic E-state index is 0.0525. The van der Waals surface area contributed by atoms with Crippen molar-refractivity contribution in [1.29, 1.82) is 0 Å². The first-order chi connectivity index (χ1) is 13.2. The van der Waals surface area contributed by atoms with E-state index in [1.54, 1.807) is 0 Å². The lowest BCUT2D eigenvalue weighted by Gasteiger charge is -2.44. The van der Waals surface area contributed by atoms with Crippen molar-refractivity contribution in [2.24, 2.45) is 0 Å². The predicted molar refractivity (Wildman–Crippen MR) is 107 cm³/mol. The lowest BCUT2D eigenvalue weighted by atomic mass is 9.95. The molecular formula is C23H34O5. The van der Waals surface area contributed by atoms with Crippen molar-refractivity contribution >= 4 is 6.29 Å². The molecule has 2 saturated heterocycles. The van der Waals surface area contributed by atoms with E-state index in [4.69, 9.17) is 18.9 Å². The average molecular weight is 391 g/mol. The van der Waals surface area contributed by atoms with Crippen molar-refractivity contribution in [3.8, 4) is 0 Å². The van der Waals surface area contributed by atoms with Gasteiger partial charge in [-0.15, -0.1) is 0 Å². The first-order valence-electron chi connectivity index (χ1n) is 10.5. The molecule has 28 heavy (non-hydrogen) atoms. The average Bonchev–Trinajstić information content (AvgIpc) is 2.60. The van der Waals surface area contributed by atoms with Gasteiger partial charge in [0.1, 0.15) is 12.4 Å². The highest BCUT2D eigenvalue weighted by atomic mass is 16.7. The molecule has 0 aromatic heterocycles. The van der Waals surface area contributed by atoms with Gasteiger partial charge in [0.2, 0.25) is 0 Å². The van der Waals surface area contributed by atoms with Gasteiger partial charge in [-0.25, -0.2) is 0 Å². The number of carbonyl (C=O) groups excluding carboxylic acids is 1. The van der Waals surface area contributed by atoms with Crippen LogP contribution in [0.2, 0.25) is 0 Å². The van der Waals surface area contributed by atoms with E-state index in [2.05, 4.69) is 24.3 Å². The molecule has 2 fully saturated rings. The summed E-state index contributed by atoms with van der Waals surface area (Å²) in [7, 11) is 0. The standard InChI is InChI=1S/C23H34O5/c1-22(2)25-18(12-8-11-17-9-6-5-7-10-17)13-19(26-22)14-20-15-21(16-24)28-23(3,4)27-20/h5-7,9-10,16,18-21H,8,11-15H2,1-4H3/t18-,19+,20-,21+/m0/s1. The Kier molecular flexibility index (Phi) is 6.92. The maximum Gasteiger partial charge on any atom is 0.164 e. The quantitative estimate of drug-likeness (QED) is 0.645. The fourth-order valence-corrected chi connectivity index (χ4v) is 4.39. The fourth-order valence-electron chi connectivity index (χ4n) is 4.39. The fraction of sp³-hybridized carbons (Fsp3) is 0.696. The van der Waals surface area contributed by atoms with Crippen molar-refractivity contribution in [2.75, 3.05) is 0 Å². The Hall–Kier alpha value is -1.27. The molecule has 5 nitrogen and oxygen atoms in total. The Labute approximate surface area is 168 Å². The smallest absolute Gasteiger partial charge is 0.164 e. The van der Waals surface area contributed by atoms with Gasteiger partial charge in [0, 0.05) is 19.3 Å². The van der Waals surface area contributed by atoms with Gasteiger partial charge in [-0.2, -0.15) is 0 Å². The molecule has 0 radical (unpaired) electrons. The predicted octanol–water partition coefficient (Wildman–Crippen LogP) is 4.42. The summed E-state index contributed by atoms with van der Waals surface area (Å²) in [6.45, 7) is 7.67. The van der Waals surface area contributed by atoms with E-state index in [0.717, 1.165) is 38.4 Å². The number of hydrogen-bond acceptors (Lipinski definition) is 5. The topological polar surface area (TPSA) is 54.0 Å². The van der Waals surface area contributed by atoms with Crippen molar-refractivity contribution in [3.05, 3.63) is 35.9 Å². The molecule has 0 N–H and O–H groups in total. The first-order valence-corrected chi connectivity index (χ1v) is 10.5. The van der Waals surface area contributed by atoms with Gasteiger partial charge in [0.15, 0.2) is 11.6 Å². The third kappa shape index (κ3) is 6.38. The van der Waals surface area contributed by atoms with Crippen LogP contribution in [-0.4, -0.2) is 42.3 Å². The summed E-state index contributed by atoms with van der Waals surface area (Å²) in [5, 5.41) is 0. The highest BCUT2D eigenvalue weighted by Gasteiger charge is 2.40. The number of benzene rings is 1. The Balaban J connectivity index is 1.53. The van der Waals surface area contributed by atoms with E-state index in [1.165, 1.54) is 5.56 Å². The molecular weight excluding hydrogens is 356 g/mol. The highest BCUT2D eigenvalue weighted by Crippen LogP contribution is 2.35. The van der Waals surface area contributed by atoms with Gasteiger partial charge in [-0.1, -0.05) is 30.3 Å². The van der Waals surface area contributed by atoms with E-state index >= 15 is 0 Å². The molecule has 0 aliphatic carbocycles. The number of ether oxygens (including phenoxy) is 4. The number of carbonyl (C=O) groups is 1. The summed E-state index contributed by atoms with van der Waals surface area (Å²) >= 11 is 0. The third-order valence-corrected chi connectivity index (χ3v) is 5.32. The highest BCUT2D eigenvalue weighted by molar-refractivity contribution is 5.56. The van der Waals surface area contributed by atoms with E-state index in [9.17, 15) is 4.79 Å². The normalized spacial score (nSPS) is 32.0. The van der Waals surface area contributed by atoms with Crippen molar-refractivity contribution in [3.63, 3.8) is 0 Å². The van der Waals surface area contributed by atoms with Gasteiger partial charge in [0.25, 0.3) is 0 Å². The van der Waals surface area contributed by atoms with Crippen LogP contribution in [0.3, 0.4) is 0 Å². The molecule has 2 heterocycles. The summed E-state index contributed by atoms with van der Waals surface area (Å²) in [5.41, 5.74) is 1.36. The second kappa shape index (κ2) is 9.04.